The Morgan fingerprint density at radius 3 is 2.00 bits per heavy atom. The summed E-state index contributed by atoms with van der Waals surface area (Å²) in [5.74, 6) is -5.94. The van der Waals surface area contributed by atoms with Gasteiger partial charge in [-0.15, -0.1) is 0 Å². The maximum Gasteiger partial charge on any atom is 0.326 e. The molecule has 0 amide bonds. The molecule has 0 saturated heterocycles. The van der Waals surface area contributed by atoms with Gasteiger partial charge in [0.2, 0.25) is 5.08 Å². The van der Waals surface area contributed by atoms with Gasteiger partial charge < -0.3 is 4.18 Å². The molecule has 6 nitrogen and oxygen atoms in total. The first-order valence-electron chi connectivity index (χ1n) is 4.02. The molecular formula is C7H5F3O6S2. The second-order valence-electron chi connectivity index (χ2n) is 3.04. The molecule has 0 heterocycles. The highest BCUT2D eigenvalue weighted by Crippen LogP contribution is 2.22. The van der Waals surface area contributed by atoms with Crippen LogP contribution >= 0.6 is 0 Å². The van der Waals surface area contributed by atoms with Gasteiger partial charge in [0.15, 0.2) is 23.2 Å². The molecule has 0 unspecified atom stereocenters. The van der Waals surface area contributed by atoms with Crippen LogP contribution in [-0.2, 0) is 20.2 Å². The van der Waals surface area contributed by atoms with Crippen LogP contribution in [0.15, 0.2) is 12.1 Å². The lowest BCUT2D eigenvalue weighted by molar-refractivity contribution is 0.441. The van der Waals surface area contributed by atoms with Crippen molar-refractivity contribution < 1.29 is 38.7 Å². The molecule has 1 aromatic rings. The number of benzene rings is 1. The van der Waals surface area contributed by atoms with E-state index in [9.17, 15) is 30.0 Å². The zero-order valence-corrected chi connectivity index (χ0v) is 9.93. The fourth-order valence-electron chi connectivity index (χ4n) is 0.911. The van der Waals surface area contributed by atoms with E-state index < -0.39 is 48.5 Å². The Kier molecular flexibility index (Phi) is 3.88. The van der Waals surface area contributed by atoms with E-state index in [-0.39, 0.29) is 12.1 Å². The smallest absolute Gasteiger partial charge is 0.326 e. The molecule has 1 aromatic carbocycles. The third-order valence-electron chi connectivity index (χ3n) is 1.48. The first-order chi connectivity index (χ1) is 8.00. The number of halogens is 3. The van der Waals surface area contributed by atoms with Crippen LogP contribution in [0.5, 0.6) is 5.75 Å². The van der Waals surface area contributed by atoms with E-state index in [2.05, 4.69) is 4.18 Å². The predicted molar refractivity (Wildman–Crippen MR) is 52.3 cm³/mol. The number of hydrogen-bond acceptors (Lipinski definition) is 5. The van der Waals surface area contributed by atoms with Gasteiger partial charge in [-0.3, -0.25) is 4.55 Å². The molecule has 0 saturated carbocycles. The third kappa shape index (κ3) is 4.16. The average molecular weight is 306 g/mol. The Labute approximate surface area is 99.9 Å². The third-order valence-corrected chi connectivity index (χ3v) is 4.26. The zero-order chi connectivity index (χ0) is 14.1. The highest BCUT2D eigenvalue weighted by Gasteiger charge is 2.24. The lowest BCUT2D eigenvalue weighted by atomic mass is 10.3. The maximum absolute atomic E-state index is 13.0. The summed E-state index contributed by atoms with van der Waals surface area (Å²) in [5, 5.41) is -1.85. The highest BCUT2D eigenvalue weighted by molar-refractivity contribution is 8.03. The fraction of sp³-hybridized carbons (Fsp3) is 0.143. The normalized spacial score (nSPS) is 12.4. The van der Waals surface area contributed by atoms with E-state index in [0.29, 0.717) is 0 Å². The summed E-state index contributed by atoms with van der Waals surface area (Å²) in [7, 11) is -9.85. The van der Waals surface area contributed by atoms with Crippen molar-refractivity contribution in [2.45, 2.75) is 0 Å². The first-order valence-corrected chi connectivity index (χ1v) is 7.21. The van der Waals surface area contributed by atoms with E-state index in [4.69, 9.17) is 4.55 Å². The van der Waals surface area contributed by atoms with Gasteiger partial charge in [0.05, 0.1) is 0 Å². The first kappa shape index (κ1) is 14.7. The molecule has 0 aromatic heterocycles. The van der Waals surface area contributed by atoms with Gasteiger partial charge in [0.1, 0.15) is 0 Å². The minimum Gasteiger partial charge on any atom is -0.378 e. The van der Waals surface area contributed by atoms with E-state index in [1.54, 1.807) is 0 Å². The second kappa shape index (κ2) is 4.74. The summed E-state index contributed by atoms with van der Waals surface area (Å²) in [6.07, 6.45) is 0. The average Bonchev–Trinajstić information content (AvgIpc) is 2.09. The quantitative estimate of drug-likeness (QED) is 0.498. The number of rotatable bonds is 4. The fourth-order valence-corrected chi connectivity index (χ4v) is 2.96. The summed E-state index contributed by atoms with van der Waals surface area (Å²) in [5.41, 5.74) is 0. The number of hydrogen-bond donors (Lipinski definition) is 1. The lowest BCUT2D eigenvalue weighted by Gasteiger charge is -2.06. The molecule has 11 heteroatoms. The maximum atomic E-state index is 13.0. The molecule has 1 rings (SSSR count). The van der Waals surface area contributed by atoms with Gasteiger partial charge in [-0.05, 0) is 0 Å². The van der Waals surface area contributed by atoms with Crippen molar-refractivity contribution in [3.8, 4) is 5.75 Å². The van der Waals surface area contributed by atoms with Crippen LogP contribution in [0.4, 0.5) is 13.2 Å². The van der Waals surface area contributed by atoms with Gasteiger partial charge in [-0.2, -0.15) is 16.8 Å². The standard InChI is InChI=1S/C7H5F3O6S2/c8-4-1-6(10)7(2-5(4)9)16-18(14,15)3-17(11,12)13/h1-2H,3H2,(H,11,12,13). The van der Waals surface area contributed by atoms with Crippen LogP contribution in [0.1, 0.15) is 0 Å². The molecule has 1 N–H and O–H groups in total. The molecule has 0 bridgehead atoms. The topological polar surface area (TPSA) is 97.7 Å². The largest absolute Gasteiger partial charge is 0.378 e. The van der Waals surface area contributed by atoms with Crippen molar-refractivity contribution in [2.24, 2.45) is 0 Å². The van der Waals surface area contributed by atoms with E-state index in [1.807, 2.05) is 0 Å². The Morgan fingerprint density at radius 2 is 1.50 bits per heavy atom. The summed E-state index contributed by atoms with van der Waals surface area (Å²) in [6.45, 7) is 0. The molecule has 18 heavy (non-hydrogen) atoms. The minimum absolute atomic E-state index is 0.0215. The Bertz CT molecular complexity index is 667. The van der Waals surface area contributed by atoms with Crippen molar-refractivity contribution in [3.63, 3.8) is 0 Å². The van der Waals surface area contributed by atoms with Crippen molar-refractivity contribution >= 4 is 20.2 Å². The van der Waals surface area contributed by atoms with Gasteiger partial charge in [-0.25, -0.2) is 13.2 Å². The molecule has 0 aliphatic carbocycles. The second-order valence-corrected chi connectivity index (χ2v) is 6.43. The molecule has 0 atom stereocenters. The Hall–Kier alpha value is -1.33. The van der Waals surface area contributed by atoms with E-state index >= 15 is 0 Å². The van der Waals surface area contributed by atoms with Gasteiger partial charge >= 0.3 is 10.1 Å². The van der Waals surface area contributed by atoms with Crippen molar-refractivity contribution in [3.05, 3.63) is 29.6 Å². The van der Waals surface area contributed by atoms with Crippen LogP contribution in [0.25, 0.3) is 0 Å². The monoisotopic (exact) mass is 306 g/mol. The molecule has 102 valence electrons. The summed E-state index contributed by atoms with van der Waals surface area (Å²) in [4.78, 5) is 0. The van der Waals surface area contributed by atoms with Crippen molar-refractivity contribution in [2.75, 3.05) is 5.08 Å². The Morgan fingerprint density at radius 1 is 1.00 bits per heavy atom. The molecule has 0 fully saturated rings. The highest BCUT2D eigenvalue weighted by atomic mass is 32.3. The molecule has 0 aliphatic heterocycles. The van der Waals surface area contributed by atoms with Crippen LogP contribution in [-0.4, -0.2) is 26.5 Å². The van der Waals surface area contributed by atoms with E-state index in [1.165, 1.54) is 0 Å². The Balaban J connectivity index is 3.09. The van der Waals surface area contributed by atoms with Crippen LogP contribution < -0.4 is 4.18 Å². The molecule has 0 aliphatic rings. The SMILES string of the molecule is O=S(=O)(O)CS(=O)(=O)Oc1cc(F)c(F)cc1F. The van der Waals surface area contributed by atoms with Crippen molar-refractivity contribution in [1.82, 2.24) is 0 Å². The lowest BCUT2D eigenvalue weighted by Crippen LogP contribution is -2.21. The molecular weight excluding hydrogens is 301 g/mol. The zero-order valence-electron chi connectivity index (χ0n) is 8.30. The van der Waals surface area contributed by atoms with Crippen LogP contribution in [0, 0.1) is 17.5 Å². The minimum atomic E-state index is -4.94. The van der Waals surface area contributed by atoms with Gasteiger partial charge in [0.25, 0.3) is 10.1 Å². The predicted octanol–water partition coefficient (Wildman–Crippen LogP) is 0.658. The molecule has 0 radical (unpaired) electrons. The van der Waals surface area contributed by atoms with Gasteiger partial charge in [-0.1, -0.05) is 0 Å². The summed E-state index contributed by atoms with van der Waals surface area (Å²) >= 11 is 0. The van der Waals surface area contributed by atoms with Crippen LogP contribution in [0.3, 0.4) is 0 Å². The van der Waals surface area contributed by atoms with Gasteiger partial charge in [0, 0.05) is 12.1 Å². The summed E-state index contributed by atoms with van der Waals surface area (Å²) in [6, 6.07) is 0.111. The van der Waals surface area contributed by atoms with E-state index in [0.717, 1.165) is 0 Å². The summed E-state index contributed by atoms with van der Waals surface area (Å²) < 4.78 is 93.0. The van der Waals surface area contributed by atoms with Crippen LogP contribution in [0.2, 0.25) is 0 Å². The molecule has 0 spiro atoms. The van der Waals surface area contributed by atoms with Crippen molar-refractivity contribution in [1.29, 1.82) is 0 Å².